The molecule has 7 heteroatoms. The van der Waals surface area contributed by atoms with Crippen LogP contribution in [0.25, 0.3) is 0 Å². The predicted octanol–water partition coefficient (Wildman–Crippen LogP) is -0.259. The summed E-state index contributed by atoms with van der Waals surface area (Å²) >= 11 is 0. The average Bonchev–Trinajstić information content (AvgIpc) is 2.01. The van der Waals surface area contributed by atoms with Crippen LogP contribution in [0.1, 0.15) is 6.92 Å². The van der Waals surface area contributed by atoms with Crippen molar-refractivity contribution in [3.8, 4) is 6.01 Å². The van der Waals surface area contributed by atoms with Crippen LogP contribution < -0.4 is 15.9 Å². The average molecular weight is 198 g/mol. The molecule has 0 radical (unpaired) electrons. The lowest BCUT2D eigenvalue weighted by Gasteiger charge is -2.12. The van der Waals surface area contributed by atoms with Crippen LogP contribution in [0.2, 0.25) is 0 Å². The fraction of sp³-hybridized carbons (Fsp3) is 0.571. The summed E-state index contributed by atoms with van der Waals surface area (Å²) in [5, 5.41) is 1.70. The minimum atomic E-state index is 0.132. The van der Waals surface area contributed by atoms with Gasteiger partial charge in [-0.1, -0.05) is 0 Å². The molecule has 0 spiro atoms. The first-order valence-electron chi connectivity index (χ1n) is 4.20. The summed E-state index contributed by atoms with van der Waals surface area (Å²) in [5.74, 6) is 0.499. The van der Waals surface area contributed by atoms with Crippen LogP contribution in [-0.2, 0) is 0 Å². The van der Waals surface area contributed by atoms with E-state index in [2.05, 4.69) is 20.4 Å². The number of anilines is 2. The van der Waals surface area contributed by atoms with Gasteiger partial charge in [0.15, 0.2) is 0 Å². The Bertz CT molecular complexity index is 302. The first-order chi connectivity index (χ1) is 6.61. The van der Waals surface area contributed by atoms with Gasteiger partial charge in [0.1, 0.15) is 0 Å². The third-order valence-electron chi connectivity index (χ3n) is 1.23. The fourth-order valence-corrected chi connectivity index (χ4v) is 0.816. The van der Waals surface area contributed by atoms with Crippen LogP contribution in [0.4, 0.5) is 11.9 Å². The summed E-state index contributed by atoms with van der Waals surface area (Å²) in [5.41, 5.74) is 8.32. The Hall–Kier alpha value is -1.63. The van der Waals surface area contributed by atoms with Crippen molar-refractivity contribution in [1.82, 2.24) is 20.0 Å². The quantitative estimate of drug-likeness (QED) is 0.644. The molecule has 0 aliphatic rings. The molecule has 1 aromatic rings. The maximum atomic E-state index is 5.46. The second-order valence-corrected chi connectivity index (χ2v) is 2.74. The van der Waals surface area contributed by atoms with Crippen molar-refractivity contribution in [2.45, 2.75) is 6.92 Å². The van der Waals surface area contributed by atoms with Crippen molar-refractivity contribution in [2.24, 2.45) is 0 Å². The third-order valence-corrected chi connectivity index (χ3v) is 1.23. The molecule has 0 unspecified atom stereocenters. The van der Waals surface area contributed by atoms with Crippen LogP contribution in [-0.4, -0.2) is 40.7 Å². The number of hydrogen-bond acceptors (Lipinski definition) is 7. The molecule has 0 aromatic carbocycles. The molecule has 14 heavy (non-hydrogen) atoms. The van der Waals surface area contributed by atoms with Crippen molar-refractivity contribution in [2.75, 3.05) is 31.9 Å². The monoisotopic (exact) mass is 198 g/mol. The second-order valence-electron chi connectivity index (χ2n) is 2.74. The van der Waals surface area contributed by atoms with E-state index in [1.54, 1.807) is 5.01 Å². The van der Waals surface area contributed by atoms with E-state index >= 15 is 0 Å². The van der Waals surface area contributed by atoms with Crippen LogP contribution in [0, 0.1) is 0 Å². The molecule has 7 nitrogen and oxygen atoms in total. The fourth-order valence-electron chi connectivity index (χ4n) is 0.816. The summed E-state index contributed by atoms with van der Waals surface area (Å²) in [7, 11) is 3.64. The van der Waals surface area contributed by atoms with Gasteiger partial charge < -0.3 is 10.5 Å². The largest absolute Gasteiger partial charge is 0.464 e. The molecule has 1 aromatic heterocycles. The normalized spacial score (nSPS) is 10.3. The molecule has 0 saturated heterocycles. The van der Waals surface area contributed by atoms with Crippen molar-refractivity contribution in [3.05, 3.63) is 0 Å². The number of aromatic nitrogens is 3. The molecule has 0 atom stereocenters. The predicted molar refractivity (Wildman–Crippen MR) is 52.7 cm³/mol. The highest BCUT2D eigenvalue weighted by atomic mass is 16.5. The molecule has 0 amide bonds. The highest BCUT2D eigenvalue weighted by Gasteiger charge is 2.04. The minimum absolute atomic E-state index is 0.132. The van der Waals surface area contributed by atoms with Gasteiger partial charge >= 0.3 is 6.01 Å². The molecule has 1 heterocycles. The Kier molecular flexibility index (Phi) is 3.41. The second kappa shape index (κ2) is 4.56. The van der Waals surface area contributed by atoms with Gasteiger partial charge in [0.2, 0.25) is 11.9 Å². The number of nitrogens with two attached hydrogens (primary N) is 1. The zero-order valence-electron chi connectivity index (χ0n) is 8.48. The van der Waals surface area contributed by atoms with E-state index in [1.165, 1.54) is 0 Å². The first kappa shape index (κ1) is 10.5. The zero-order valence-corrected chi connectivity index (χ0v) is 8.48. The number of nitrogen functional groups attached to an aromatic ring is 1. The molecule has 3 N–H and O–H groups in total. The zero-order chi connectivity index (χ0) is 10.6. The molecule has 0 bridgehead atoms. The topological polar surface area (TPSA) is 89.2 Å². The molecule has 78 valence electrons. The molecule has 0 aliphatic heterocycles. The van der Waals surface area contributed by atoms with E-state index in [0.717, 1.165) is 0 Å². The van der Waals surface area contributed by atoms with Crippen LogP contribution in [0.3, 0.4) is 0 Å². The standard InChI is InChI=1S/C7H14N6O/c1-4-14-7-10-5(8)9-6(11-7)12-13(2)3/h4H2,1-3H3,(H3,8,9,10,11,12). The maximum absolute atomic E-state index is 5.46. The van der Waals surface area contributed by atoms with Crippen LogP contribution in [0.15, 0.2) is 0 Å². The van der Waals surface area contributed by atoms with E-state index in [0.29, 0.717) is 12.6 Å². The van der Waals surface area contributed by atoms with Crippen molar-refractivity contribution < 1.29 is 4.74 Å². The van der Waals surface area contributed by atoms with Gasteiger partial charge in [0.05, 0.1) is 6.61 Å². The highest BCUT2D eigenvalue weighted by Crippen LogP contribution is 2.08. The Morgan fingerprint density at radius 3 is 2.64 bits per heavy atom. The Morgan fingerprint density at radius 2 is 2.07 bits per heavy atom. The number of nitrogens with zero attached hydrogens (tertiary/aromatic N) is 4. The van der Waals surface area contributed by atoms with Gasteiger partial charge in [-0.25, -0.2) is 5.01 Å². The lowest BCUT2D eigenvalue weighted by molar-refractivity contribution is 0.312. The number of hydrazine groups is 1. The van der Waals surface area contributed by atoms with Crippen LogP contribution in [0.5, 0.6) is 6.01 Å². The van der Waals surface area contributed by atoms with E-state index in [-0.39, 0.29) is 12.0 Å². The van der Waals surface area contributed by atoms with E-state index in [9.17, 15) is 0 Å². The Labute approximate surface area is 82.3 Å². The highest BCUT2D eigenvalue weighted by molar-refractivity contribution is 5.31. The molecular weight excluding hydrogens is 184 g/mol. The summed E-state index contributed by atoms with van der Waals surface area (Å²) in [4.78, 5) is 11.7. The van der Waals surface area contributed by atoms with Gasteiger partial charge in [-0.3, -0.25) is 5.43 Å². The van der Waals surface area contributed by atoms with E-state index < -0.39 is 0 Å². The van der Waals surface area contributed by atoms with E-state index in [4.69, 9.17) is 10.5 Å². The molecular formula is C7H14N6O. The molecule has 1 rings (SSSR count). The number of hydrogen-bond donors (Lipinski definition) is 2. The maximum Gasteiger partial charge on any atom is 0.323 e. The minimum Gasteiger partial charge on any atom is -0.464 e. The first-order valence-corrected chi connectivity index (χ1v) is 4.20. The lowest BCUT2D eigenvalue weighted by atomic mass is 10.8. The molecule has 0 aliphatic carbocycles. The molecule has 0 saturated carbocycles. The Morgan fingerprint density at radius 1 is 1.36 bits per heavy atom. The van der Waals surface area contributed by atoms with Gasteiger partial charge in [-0.05, 0) is 6.92 Å². The van der Waals surface area contributed by atoms with Crippen molar-refractivity contribution >= 4 is 11.9 Å². The Balaban J connectivity index is 2.83. The molecule has 0 fully saturated rings. The summed E-state index contributed by atoms with van der Waals surface area (Å²) in [6.07, 6.45) is 0. The van der Waals surface area contributed by atoms with Crippen LogP contribution >= 0.6 is 0 Å². The number of rotatable bonds is 4. The van der Waals surface area contributed by atoms with Gasteiger partial charge in [-0.15, -0.1) is 0 Å². The van der Waals surface area contributed by atoms with E-state index in [1.807, 2.05) is 21.0 Å². The lowest BCUT2D eigenvalue weighted by Crippen LogP contribution is -2.22. The SMILES string of the molecule is CCOc1nc(N)nc(NN(C)C)n1. The summed E-state index contributed by atoms with van der Waals surface area (Å²) < 4.78 is 5.11. The van der Waals surface area contributed by atoms with Gasteiger partial charge in [0, 0.05) is 14.1 Å². The van der Waals surface area contributed by atoms with Crippen molar-refractivity contribution in [1.29, 1.82) is 0 Å². The smallest absolute Gasteiger partial charge is 0.323 e. The summed E-state index contributed by atoms with van der Waals surface area (Å²) in [6.45, 7) is 2.34. The third kappa shape index (κ3) is 3.02. The van der Waals surface area contributed by atoms with Gasteiger partial charge in [-0.2, -0.15) is 15.0 Å². The summed E-state index contributed by atoms with van der Waals surface area (Å²) in [6, 6.07) is 0.226. The number of ether oxygens (including phenoxy) is 1. The van der Waals surface area contributed by atoms with Crippen molar-refractivity contribution in [3.63, 3.8) is 0 Å². The number of nitrogens with one attached hydrogen (secondary N) is 1. The van der Waals surface area contributed by atoms with Gasteiger partial charge in [0.25, 0.3) is 0 Å².